The second kappa shape index (κ2) is 7.92. The van der Waals surface area contributed by atoms with Crippen molar-refractivity contribution in [2.75, 3.05) is 23.8 Å². The number of nitrogens with one attached hydrogen (secondary N) is 2. The molecule has 7 heteroatoms. The average Bonchev–Trinajstić information content (AvgIpc) is 3.35. The van der Waals surface area contributed by atoms with Gasteiger partial charge in [0.2, 0.25) is 5.65 Å². The topological polar surface area (TPSA) is 76.4 Å². The van der Waals surface area contributed by atoms with Crippen LogP contribution in [0.1, 0.15) is 44.0 Å². The molecule has 0 saturated carbocycles. The summed E-state index contributed by atoms with van der Waals surface area (Å²) >= 11 is 0. The summed E-state index contributed by atoms with van der Waals surface area (Å²) in [6.45, 7) is 6.53. The third kappa shape index (κ3) is 4.03. The number of fused-ring (bicyclic) bond motifs is 1. The van der Waals surface area contributed by atoms with Crippen LogP contribution in [0.15, 0.2) is 36.4 Å². The summed E-state index contributed by atoms with van der Waals surface area (Å²) in [5.74, 6) is 1.90. The van der Waals surface area contributed by atoms with E-state index in [4.69, 9.17) is 9.84 Å². The number of hydrogen-bond acceptors (Lipinski definition) is 6. The van der Waals surface area contributed by atoms with Crippen LogP contribution in [0.3, 0.4) is 0 Å². The van der Waals surface area contributed by atoms with Gasteiger partial charge in [0.25, 0.3) is 0 Å². The van der Waals surface area contributed by atoms with Crippen molar-refractivity contribution in [1.29, 1.82) is 0 Å². The van der Waals surface area contributed by atoms with Crippen molar-refractivity contribution in [3.63, 3.8) is 0 Å². The molecule has 1 fully saturated rings. The van der Waals surface area contributed by atoms with Crippen LogP contribution in [-0.2, 0) is 11.3 Å². The van der Waals surface area contributed by atoms with E-state index in [0.29, 0.717) is 0 Å². The highest BCUT2D eigenvalue weighted by atomic mass is 16.5. The minimum Gasteiger partial charge on any atom is -0.378 e. The maximum absolute atomic E-state index is 5.71. The lowest BCUT2D eigenvalue weighted by molar-refractivity contribution is 0.120. The Bertz CT molecular complexity index is 886. The summed E-state index contributed by atoms with van der Waals surface area (Å²) in [6, 6.07) is 12.3. The Balaban J connectivity index is 1.60. The minimum absolute atomic E-state index is 0.239. The van der Waals surface area contributed by atoms with Crippen LogP contribution in [0.4, 0.5) is 11.5 Å². The van der Waals surface area contributed by atoms with Crippen molar-refractivity contribution in [3.8, 4) is 0 Å². The van der Waals surface area contributed by atoms with Crippen molar-refractivity contribution in [3.05, 3.63) is 47.8 Å². The van der Waals surface area contributed by atoms with Gasteiger partial charge < -0.3 is 15.4 Å². The largest absolute Gasteiger partial charge is 0.378 e. The molecule has 1 saturated heterocycles. The van der Waals surface area contributed by atoms with E-state index in [-0.39, 0.29) is 12.0 Å². The Morgan fingerprint density at radius 3 is 2.78 bits per heavy atom. The van der Waals surface area contributed by atoms with Crippen molar-refractivity contribution in [2.24, 2.45) is 0 Å². The van der Waals surface area contributed by atoms with E-state index in [1.54, 1.807) is 0 Å². The molecule has 2 aromatic heterocycles. The molecule has 7 nitrogen and oxygen atoms in total. The zero-order valence-electron chi connectivity index (χ0n) is 15.9. The molecule has 1 unspecified atom stereocenters. The normalized spacial score (nSPS) is 16.9. The van der Waals surface area contributed by atoms with E-state index >= 15 is 0 Å². The third-order valence-electron chi connectivity index (χ3n) is 4.77. The zero-order valence-corrected chi connectivity index (χ0v) is 15.9. The van der Waals surface area contributed by atoms with E-state index in [1.807, 2.05) is 28.8 Å². The maximum Gasteiger partial charge on any atom is 0.201 e. The lowest BCUT2D eigenvalue weighted by Crippen LogP contribution is -2.20. The SMILES string of the molecule is CC(C)c1nnc2c(NCc3ccccc3)cc(NCC3CCCO3)nn12. The van der Waals surface area contributed by atoms with Crippen molar-refractivity contribution >= 4 is 17.2 Å². The highest BCUT2D eigenvalue weighted by molar-refractivity contribution is 5.70. The van der Waals surface area contributed by atoms with E-state index in [1.165, 1.54) is 5.56 Å². The van der Waals surface area contributed by atoms with Crippen LogP contribution in [0.2, 0.25) is 0 Å². The molecule has 0 bridgehead atoms. The number of anilines is 2. The van der Waals surface area contributed by atoms with Crippen molar-refractivity contribution < 1.29 is 4.74 Å². The van der Waals surface area contributed by atoms with E-state index in [2.05, 4.69) is 46.8 Å². The summed E-state index contributed by atoms with van der Waals surface area (Å²) in [5, 5.41) is 20.3. The number of rotatable bonds is 7. The molecule has 142 valence electrons. The van der Waals surface area contributed by atoms with Crippen molar-refractivity contribution in [1.82, 2.24) is 19.8 Å². The molecule has 1 aliphatic heterocycles. The van der Waals surface area contributed by atoms with Gasteiger partial charge >= 0.3 is 0 Å². The molecule has 4 rings (SSSR count). The molecule has 3 heterocycles. The lowest BCUT2D eigenvalue weighted by atomic mass is 10.2. The molecule has 0 amide bonds. The molecule has 0 spiro atoms. The lowest BCUT2D eigenvalue weighted by Gasteiger charge is -2.14. The average molecular weight is 366 g/mol. The third-order valence-corrected chi connectivity index (χ3v) is 4.77. The second-order valence-electron chi connectivity index (χ2n) is 7.25. The number of benzene rings is 1. The first-order chi connectivity index (χ1) is 13.2. The Kier molecular flexibility index (Phi) is 5.20. The summed E-state index contributed by atoms with van der Waals surface area (Å²) in [5.41, 5.74) is 2.88. The summed E-state index contributed by atoms with van der Waals surface area (Å²) in [4.78, 5) is 0. The zero-order chi connectivity index (χ0) is 18.6. The van der Waals surface area contributed by atoms with Gasteiger partial charge in [-0.1, -0.05) is 44.2 Å². The number of hydrogen-bond donors (Lipinski definition) is 2. The minimum atomic E-state index is 0.239. The Morgan fingerprint density at radius 2 is 2.04 bits per heavy atom. The number of ether oxygens (including phenoxy) is 1. The molecule has 3 aromatic rings. The molecule has 0 radical (unpaired) electrons. The first-order valence-corrected chi connectivity index (χ1v) is 9.60. The molecule has 27 heavy (non-hydrogen) atoms. The van der Waals surface area contributed by atoms with Gasteiger partial charge in [-0.05, 0) is 18.4 Å². The van der Waals surface area contributed by atoms with Gasteiger partial charge in [0, 0.05) is 31.7 Å². The van der Waals surface area contributed by atoms with Gasteiger partial charge in [-0.15, -0.1) is 15.3 Å². The standard InChI is InChI=1S/C20H26N6O/c1-14(2)19-23-24-20-17(21-12-15-7-4-3-5-8-15)11-18(25-26(19)20)22-13-16-9-6-10-27-16/h3-5,7-8,11,14,16,21H,6,9-10,12-13H2,1-2H3,(H,22,25). The molecule has 1 aliphatic rings. The Labute approximate surface area is 159 Å². The fraction of sp³-hybridized carbons (Fsp3) is 0.450. The van der Waals surface area contributed by atoms with Gasteiger partial charge in [0.05, 0.1) is 11.8 Å². The Morgan fingerprint density at radius 1 is 1.19 bits per heavy atom. The van der Waals surface area contributed by atoms with Crippen LogP contribution in [0, 0.1) is 0 Å². The monoisotopic (exact) mass is 366 g/mol. The van der Waals surface area contributed by atoms with Gasteiger partial charge in [0.1, 0.15) is 5.82 Å². The smallest absolute Gasteiger partial charge is 0.201 e. The predicted molar refractivity (Wildman–Crippen MR) is 106 cm³/mol. The summed E-state index contributed by atoms with van der Waals surface area (Å²) < 4.78 is 7.55. The van der Waals surface area contributed by atoms with Crippen LogP contribution in [0.25, 0.3) is 5.65 Å². The fourth-order valence-corrected chi connectivity index (χ4v) is 3.29. The van der Waals surface area contributed by atoms with E-state index in [0.717, 1.165) is 55.5 Å². The highest BCUT2D eigenvalue weighted by Gasteiger charge is 2.18. The van der Waals surface area contributed by atoms with Gasteiger partial charge in [-0.2, -0.15) is 4.52 Å². The first-order valence-electron chi connectivity index (χ1n) is 9.60. The van der Waals surface area contributed by atoms with Crippen LogP contribution < -0.4 is 10.6 Å². The van der Waals surface area contributed by atoms with Crippen molar-refractivity contribution in [2.45, 2.75) is 45.3 Å². The molecular formula is C20H26N6O. The van der Waals surface area contributed by atoms with E-state index in [9.17, 15) is 0 Å². The predicted octanol–water partition coefficient (Wildman–Crippen LogP) is 3.45. The van der Waals surface area contributed by atoms with Gasteiger partial charge in [0.15, 0.2) is 5.82 Å². The second-order valence-corrected chi connectivity index (χ2v) is 7.25. The number of aromatic nitrogens is 4. The molecule has 2 N–H and O–H groups in total. The molecular weight excluding hydrogens is 340 g/mol. The van der Waals surface area contributed by atoms with Crippen LogP contribution in [0.5, 0.6) is 0 Å². The van der Waals surface area contributed by atoms with Gasteiger partial charge in [-0.25, -0.2) is 0 Å². The van der Waals surface area contributed by atoms with Crippen LogP contribution in [-0.4, -0.2) is 39.1 Å². The Hall–Kier alpha value is -2.67. The fourth-order valence-electron chi connectivity index (χ4n) is 3.29. The van der Waals surface area contributed by atoms with Gasteiger partial charge in [-0.3, -0.25) is 0 Å². The van der Waals surface area contributed by atoms with E-state index < -0.39 is 0 Å². The first kappa shape index (κ1) is 17.7. The highest BCUT2D eigenvalue weighted by Crippen LogP contribution is 2.23. The quantitative estimate of drug-likeness (QED) is 0.667. The summed E-state index contributed by atoms with van der Waals surface area (Å²) in [6.07, 6.45) is 2.48. The summed E-state index contributed by atoms with van der Waals surface area (Å²) in [7, 11) is 0. The maximum atomic E-state index is 5.71. The molecule has 1 aromatic carbocycles. The molecule has 0 aliphatic carbocycles. The number of nitrogens with zero attached hydrogens (tertiary/aromatic N) is 4. The molecule has 1 atom stereocenters. The van der Waals surface area contributed by atoms with Crippen LogP contribution >= 0.6 is 0 Å².